The van der Waals surface area contributed by atoms with E-state index in [1.54, 1.807) is 0 Å². The maximum absolute atomic E-state index is 12.0. The van der Waals surface area contributed by atoms with E-state index in [0.717, 1.165) is 25.9 Å². The Kier molecular flexibility index (Phi) is 6.17. The molecular formula is C11H22ClNO. The molecule has 0 spiro atoms. The number of hydrogen-bond acceptors (Lipinski definition) is 1. The van der Waals surface area contributed by atoms with Crippen molar-refractivity contribution in [3.8, 4) is 0 Å². The lowest BCUT2D eigenvalue weighted by molar-refractivity contribution is -0.139. The molecule has 0 aromatic heterocycles. The lowest BCUT2D eigenvalue weighted by atomic mass is 9.94. The standard InChI is InChI=1S/C11H22ClNO/c1-5-7-13(8-6-2)10(14)11(3,4)9-12/h5-9H2,1-4H3. The smallest absolute Gasteiger partial charge is 0.229 e. The molecule has 0 unspecified atom stereocenters. The highest BCUT2D eigenvalue weighted by atomic mass is 35.5. The third-order valence-electron chi connectivity index (χ3n) is 2.19. The summed E-state index contributed by atoms with van der Waals surface area (Å²) in [5.41, 5.74) is -0.425. The molecule has 1 amide bonds. The monoisotopic (exact) mass is 219 g/mol. The Morgan fingerprint density at radius 2 is 1.64 bits per heavy atom. The van der Waals surface area contributed by atoms with Crippen molar-refractivity contribution in [1.29, 1.82) is 0 Å². The summed E-state index contributed by atoms with van der Waals surface area (Å²) >= 11 is 5.78. The van der Waals surface area contributed by atoms with Crippen LogP contribution in [0, 0.1) is 5.41 Å². The third-order valence-corrected chi connectivity index (χ3v) is 2.86. The second kappa shape index (κ2) is 6.28. The number of alkyl halides is 1. The number of carbonyl (C=O) groups is 1. The van der Waals surface area contributed by atoms with Crippen LogP contribution in [0.3, 0.4) is 0 Å². The normalized spacial score (nSPS) is 11.5. The van der Waals surface area contributed by atoms with E-state index >= 15 is 0 Å². The van der Waals surface area contributed by atoms with Gasteiger partial charge in [0.05, 0.1) is 5.41 Å². The minimum atomic E-state index is -0.425. The molecule has 14 heavy (non-hydrogen) atoms. The van der Waals surface area contributed by atoms with Gasteiger partial charge in [0.25, 0.3) is 0 Å². The summed E-state index contributed by atoms with van der Waals surface area (Å²) < 4.78 is 0. The van der Waals surface area contributed by atoms with Gasteiger partial charge in [0.1, 0.15) is 0 Å². The molecule has 0 saturated heterocycles. The van der Waals surface area contributed by atoms with Crippen LogP contribution >= 0.6 is 11.6 Å². The van der Waals surface area contributed by atoms with Crippen molar-refractivity contribution < 1.29 is 4.79 Å². The number of amides is 1. The van der Waals surface area contributed by atoms with Gasteiger partial charge in [-0.3, -0.25) is 4.79 Å². The number of carbonyl (C=O) groups excluding carboxylic acids is 1. The van der Waals surface area contributed by atoms with Crippen molar-refractivity contribution in [2.24, 2.45) is 5.41 Å². The van der Waals surface area contributed by atoms with Crippen molar-refractivity contribution in [1.82, 2.24) is 4.90 Å². The first-order valence-electron chi connectivity index (χ1n) is 5.35. The summed E-state index contributed by atoms with van der Waals surface area (Å²) in [5.74, 6) is 0.562. The molecule has 2 nitrogen and oxygen atoms in total. The minimum absolute atomic E-state index is 0.177. The quantitative estimate of drug-likeness (QED) is 0.630. The summed E-state index contributed by atoms with van der Waals surface area (Å²) in [6.07, 6.45) is 2.01. The maximum atomic E-state index is 12.0. The first-order valence-corrected chi connectivity index (χ1v) is 5.88. The topological polar surface area (TPSA) is 20.3 Å². The van der Waals surface area contributed by atoms with Crippen LogP contribution in [-0.2, 0) is 4.79 Å². The van der Waals surface area contributed by atoms with Gasteiger partial charge in [-0.05, 0) is 26.7 Å². The molecule has 0 N–H and O–H groups in total. The predicted octanol–water partition coefficient (Wildman–Crippen LogP) is 2.90. The van der Waals surface area contributed by atoms with Crippen LogP contribution < -0.4 is 0 Å². The molecule has 0 atom stereocenters. The summed E-state index contributed by atoms with van der Waals surface area (Å²) in [7, 11) is 0. The van der Waals surface area contributed by atoms with Crippen molar-refractivity contribution in [2.75, 3.05) is 19.0 Å². The van der Waals surface area contributed by atoms with Crippen LogP contribution in [-0.4, -0.2) is 29.8 Å². The van der Waals surface area contributed by atoms with Crippen molar-refractivity contribution in [3.05, 3.63) is 0 Å². The highest BCUT2D eigenvalue weighted by molar-refractivity contribution is 6.19. The number of nitrogens with zero attached hydrogens (tertiary/aromatic N) is 1. The second-order valence-corrected chi connectivity index (χ2v) is 4.58. The predicted molar refractivity (Wildman–Crippen MR) is 61.7 cm³/mol. The molecule has 0 saturated carbocycles. The first kappa shape index (κ1) is 13.8. The molecule has 0 fully saturated rings. The van der Waals surface area contributed by atoms with Crippen LogP contribution in [0.1, 0.15) is 40.5 Å². The summed E-state index contributed by atoms with van der Waals surface area (Å²) in [5, 5.41) is 0. The van der Waals surface area contributed by atoms with Gasteiger partial charge >= 0.3 is 0 Å². The molecule has 0 bridgehead atoms. The highest BCUT2D eigenvalue weighted by Crippen LogP contribution is 2.20. The minimum Gasteiger partial charge on any atom is -0.342 e. The highest BCUT2D eigenvalue weighted by Gasteiger charge is 2.30. The van der Waals surface area contributed by atoms with Crippen molar-refractivity contribution >= 4 is 17.5 Å². The molecule has 0 radical (unpaired) electrons. The maximum Gasteiger partial charge on any atom is 0.229 e. The number of halogens is 1. The zero-order valence-corrected chi connectivity index (χ0v) is 10.5. The van der Waals surface area contributed by atoms with E-state index in [-0.39, 0.29) is 5.91 Å². The fourth-order valence-corrected chi connectivity index (χ4v) is 1.45. The molecule has 0 aliphatic carbocycles. The Morgan fingerprint density at radius 3 is 1.93 bits per heavy atom. The Hall–Kier alpha value is -0.240. The molecule has 0 aliphatic rings. The molecule has 3 heteroatoms. The summed E-state index contributed by atoms with van der Waals surface area (Å²) in [6, 6.07) is 0. The van der Waals surface area contributed by atoms with E-state index in [4.69, 9.17) is 11.6 Å². The Balaban J connectivity index is 4.41. The van der Waals surface area contributed by atoms with Gasteiger partial charge in [0.2, 0.25) is 5.91 Å². The molecule has 84 valence electrons. The van der Waals surface area contributed by atoms with Crippen LogP contribution in [0.25, 0.3) is 0 Å². The molecule has 0 aromatic carbocycles. The fourth-order valence-electron chi connectivity index (χ4n) is 1.34. The lowest BCUT2D eigenvalue weighted by Crippen LogP contribution is -2.42. The summed E-state index contributed by atoms with van der Waals surface area (Å²) in [4.78, 5) is 13.9. The molecule has 0 aliphatic heterocycles. The molecular weight excluding hydrogens is 198 g/mol. The zero-order chi connectivity index (χ0) is 11.2. The van der Waals surface area contributed by atoms with Crippen LogP contribution in [0.4, 0.5) is 0 Å². The number of hydrogen-bond donors (Lipinski definition) is 0. The summed E-state index contributed by atoms with van der Waals surface area (Å²) in [6.45, 7) is 9.66. The van der Waals surface area contributed by atoms with E-state index < -0.39 is 5.41 Å². The van der Waals surface area contributed by atoms with E-state index in [0.29, 0.717) is 5.88 Å². The molecule has 0 heterocycles. The van der Waals surface area contributed by atoms with E-state index in [2.05, 4.69) is 13.8 Å². The van der Waals surface area contributed by atoms with Crippen molar-refractivity contribution in [3.63, 3.8) is 0 Å². The largest absolute Gasteiger partial charge is 0.342 e. The van der Waals surface area contributed by atoms with Gasteiger partial charge < -0.3 is 4.90 Å². The number of rotatable bonds is 6. The van der Waals surface area contributed by atoms with Crippen LogP contribution in [0.5, 0.6) is 0 Å². The fraction of sp³-hybridized carbons (Fsp3) is 0.909. The third kappa shape index (κ3) is 3.87. The molecule has 0 aromatic rings. The Morgan fingerprint density at radius 1 is 1.21 bits per heavy atom. The average Bonchev–Trinajstić information content (AvgIpc) is 2.16. The van der Waals surface area contributed by atoms with Gasteiger partial charge in [-0.25, -0.2) is 0 Å². The van der Waals surface area contributed by atoms with Gasteiger partial charge in [0.15, 0.2) is 0 Å². The second-order valence-electron chi connectivity index (χ2n) is 4.31. The average molecular weight is 220 g/mol. The van der Waals surface area contributed by atoms with Gasteiger partial charge in [-0.15, -0.1) is 11.6 Å². The van der Waals surface area contributed by atoms with Gasteiger partial charge in [-0.1, -0.05) is 13.8 Å². The Labute approximate surface area is 92.6 Å². The first-order chi connectivity index (χ1) is 6.49. The van der Waals surface area contributed by atoms with Gasteiger partial charge in [0, 0.05) is 19.0 Å². The van der Waals surface area contributed by atoms with E-state index in [9.17, 15) is 4.79 Å². The van der Waals surface area contributed by atoms with E-state index in [1.807, 2.05) is 18.7 Å². The van der Waals surface area contributed by atoms with Crippen LogP contribution in [0.15, 0.2) is 0 Å². The molecule has 0 rings (SSSR count). The van der Waals surface area contributed by atoms with E-state index in [1.165, 1.54) is 0 Å². The SMILES string of the molecule is CCCN(CCC)C(=O)C(C)(C)CCl. The van der Waals surface area contributed by atoms with Crippen LogP contribution in [0.2, 0.25) is 0 Å². The zero-order valence-electron chi connectivity index (χ0n) is 9.77. The Bertz CT molecular complexity index is 174. The van der Waals surface area contributed by atoms with Gasteiger partial charge in [-0.2, -0.15) is 0 Å². The lowest BCUT2D eigenvalue weighted by Gasteiger charge is -2.30. The van der Waals surface area contributed by atoms with Crippen molar-refractivity contribution in [2.45, 2.75) is 40.5 Å².